The number of aromatic nitrogens is 2. The summed E-state index contributed by atoms with van der Waals surface area (Å²) in [4.78, 5) is 11.5. The van der Waals surface area contributed by atoms with Crippen molar-refractivity contribution in [3.8, 4) is 5.88 Å². The molecule has 0 bridgehead atoms. The van der Waals surface area contributed by atoms with E-state index in [0.29, 0.717) is 18.1 Å². The maximum absolute atomic E-state index is 11.5. The Morgan fingerprint density at radius 3 is 2.73 bits per heavy atom. The van der Waals surface area contributed by atoms with Gasteiger partial charge in [0, 0.05) is 0 Å². The monoisotopic (exact) mass is 228 g/mol. The molecular weight excluding hydrogens is 212 g/mol. The van der Waals surface area contributed by atoms with Crippen LogP contribution in [0.15, 0.2) is 6.20 Å². The molecule has 1 aromatic heterocycles. The van der Waals surface area contributed by atoms with Crippen LogP contribution >= 0.6 is 0 Å². The minimum atomic E-state index is -1.74. The fourth-order valence-electron chi connectivity index (χ4n) is 1.01. The van der Waals surface area contributed by atoms with Gasteiger partial charge in [-0.25, -0.2) is 9.89 Å². The molecule has 0 aliphatic rings. The Morgan fingerprint density at radius 2 is 2.20 bits per heavy atom. The summed E-state index contributed by atoms with van der Waals surface area (Å²) in [5.41, 5.74) is 0.360. The van der Waals surface area contributed by atoms with Crippen molar-refractivity contribution in [3.63, 3.8) is 0 Å². The smallest absolute Gasteiger partial charge is 0.345 e. The van der Waals surface area contributed by atoms with Crippen LogP contribution in [0.1, 0.15) is 17.3 Å². The average molecular weight is 228 g/mol. The topological polar surface area (TPSA) is 64.2 Å². The summed E-state index contributed by atoms with van der Waals surface area (Å²) in [7, 11) is -1.74. The molecule has 0 spiro atoms. The Morgan fingerprint density at radius 1 is 1.53 bits per heavy atom. The van der Waals surface area contributed by atoms with E-state index in [1.165, 1.54) is 6.20 Å². The summed E-state index contributed by atoms with van der Waals surface area (Å²) in [5.74, 6) is 0.00659. The van der Waals surface area contributed by atoms with E-state index in [0.717, 1.165) is 0 Å². The van der Waals surface area contributed by atoms with Gasteiger partial charge >= 0.3 is 5.97 Å². The van der Waals surface area contributed by atoms with Crippen molar-refractivity contribution in [2.24, 2.45) is 0 Å². The number of aromatic amines is 1. The predicted molar refractivity (Wildman–Crippen MR) is 58.5 cm³/mol. The zero-order chi connectivity index (χ0) is 11.5. The highest BCUT2D eigenvalue weighted by atomic mass is 28.4. The number of carbonyl (C=O) groups excluding carboxylic acids is 1. The number of esters is 1. The lowest BCUT2D eigenvalue weighted by Gasteiger charge is -2.17. The zero-order valence-electron chi connectivity index (χ0n) is 9.46. The van der Waals surface area contributed by atoms with Gasteiger partial charge in [-0.15, -0.1) is 0 Å². The molecule has 0 aliphatic heterocycles. The first-order valence-corrected chi connectivity index (χ1v) is 8.24. The van der Waals surface area contributed by atoms with E-state index in [1.807, 2.05) is 19.6 Å². The Labute approximate surface area is 89.9 Å². The maximum atomic E-state index is 11.5. The van der Waals surface area contributed by atoms with Crippen LogP contribution in [0.4, 0.5) is 0 Å². The molecular formula is C9H16N2O3Si. The van der Waals surface area contributed by atoms with Crippen LogP contribution in [0.3, 0.4) is 0 Å². The summed E-state index contributed by atoms with van der Waals surface area (Å²) < 4.78 is 10.5. The third-order valence-corrected chi connectivity index (χ3v) is 2.32. The molecule has 1 aromatic rings. The zero-order valence-corrected chi connectivity index (χ0v) is 10.5. The Bertz CT molecular complexity index is 343. The molecule has 0 atom stereocenters. The van der Waals surface area contributed by atoms with E-state index >= 15 is 0 Å². The van der Waals surface area contributed by atoms with Gasteiger partial charge in [0.25, 0.3) is 0 Å². The highest BCUT2D eigenvalue weighted by Gasteiger charge is 2.22. The van der Waals surface area contributed by atoms with Crippen molar-refractivity contribution in [2.75, 3.05) is 6.61 Å². The van der Waals surface area contributed by atoms with Crippen LogP contribution in [0.25, 0.3) is 0 Å². The SMILES string of the molecule is CCOC(=O)c1cn[nH]c1O[Si](C)(C)C. The first-order chi connectivity index (χ1) is 6.94. The molecule has 5 nitrogen and oxygen atoms in total. The normalized spacial score (nSPS) is 11.2. The largest absolute Gasteiger partial charge is 0.531 e. The summed E-state index contributed by atoms with van der Waals surface area (Å²) >= 11 is 0. The molecule has 1 N–H and O–H groups in total. The number of nitrogens with one attached hydrogen (secondary N) is 1. The molecule has 15 heavy (non-hydrogen) atoms. The molecule has 6 heteroatoms. The molecule has 0 saturated carbocycles. The average Bonchev–Trinajstić information content (AvgIpc) is 2.49. The van der Waals surface area contributed by atoms with E-state index in [-0.39, 0.29) is 0 Å². The highest BCUT2D eigenvalue weighted by Crippen LogP contribution is 2.19. The van der Waals surface area contributed by atoms with Crippen molar-refractivity contribution in [2.45, 2.75) is 26.6 Å². The lowest BCUT2D eigenvalue weighted by Crippen LogP contribution is -2.30. The van der Waals surface area contributed by atoms with E-state index in [4.69, 9.17) is 9.16 Å². The molecule has 0 aliphatic carbocycles. The van der Waals surface area contributed by atoms with Crippen LogP contribution in [0.2, 0.25) is 19.6 Å². The second-order valence-corrected chi connectivity index (χ2v) is 8.48. The van der Waals surface area contributed by atoms with Gasteiger partial charge in [-0.1, -0.05) is 0 Å². The number of hydrogen-bond acceptors (Lipinski definition) is 4. The number of H-pyrrole nitrogens is 1. The summed E-state index contributed by atoms with van der Waals surface area (Å²) in [6.07, 6.45) is 1.42. The first kappa shape index (κ1) is 11.8. The second kappa shape index (κ2) is 4.48. The first-order valence-electron chi connectivity index (χ1n) is 4.83. The highest BCUT2D eigenvalue weighted by molar-refractivity contribution is 6.70. The minimum Gasteiger partial charge on any atom is -0.531 e. The molecule has 84 valence electrons. The van der Waals surface area contributed by atoms with E-state index < -0.39 is 14.3 Å². The van der Waals surface area contributed by atoms with Gasteiger partial charge in [0.05, 0.1) is 12.8 Å². The van der Waals surface area contributed by atoms with Crippen molar-refractivity contribution >= 4 is 14.3 Å². The molecule has 0 radical (unpaired) electrons. The number of ether oxygens (including phenoxy) is 1. The van der Waals surface area contributed by atoms with Gasteiger partial charge in [-0.05, 0) is 26.6 Å². The minimum absolute atomic E-state index is 0.344. The number of carbonyl (C=O) groups is 1. The van der Waals surface area contributed by atoms with Crippen molar-refractivity contribution in [1.82, 2.24) is 10.2 Å². The van der Waals surface area contributed by atoms with Gasteiger partial charge in [-0.3, -0.25) is 0 Å². The number of hydrogen-bond donors (Lipinski definition) is 1. The second-order valence-electron chi connectivity index (χ2n) is 4.05. The summed E-state index contributed by atoms with van der Waals surface area (Å²) in [6.45, 7) is 8.20. The van der Waals surface area contributed by atoms with Crippen molar-refractivity contribution in [1.29, 1.82) is 0 Å². The Kier molecular flexibility index (Phi) is 3.51. The molecule has 1 rings (SSSR count). The molecule has 0 saturated heterocycles. The standard InChI is InChI=1S/C9H16N2O3Si/c1-5-13-9(12)7-6-10-11-8(7)14-15(2,3)4/h6H,5H2,1-4H3,(H,10,11). The van der Waals surface area contributed by atoms with Crippen molar-refractivity contribution < 1.29 is 14.0 Å². The summed E-state index contributed by atoms with van der Waals surface area (Å²) in [5, 5.41) is 6.44. The third-order valence-electron chi connectivity index (χ3n) is 1.51. The molecule has 0 fully saturated rings. The molecule has 0 unspecified atom stereocenters. The lowest BCUT2D eigenvalue weighted by atomic mass is 10.3. The van der Waals surface area contributed by atoms with E-state index in [2.05, 4.69) is 10.2 Å². The van der Waals surface area contributed by atoms with E-state index in [1.54, 1.807) is 6.92 Å². The maximum Gasteiger partial charge on any atom is 0.345 e. The van der Waals surface area contributed by atoms with Crippen LogP contribution in [-0.4, -0.2) is 31.1 Å². The van der Waals surface area contributed by atoms with Gasteiger partial charge in [-0.2, -0.15) is 5.10 Å². The third kappa shape index (κ3) is 3.39. The van der Waals surface area contributed by atoms with Crippen LogP contribution in [0, 0.1) is 0 Å². The van der Waals surface area contributed by atoms with Crippen LogP contribution in [0.5, 0.6) is 5.88 Å². The lowest BCUT2D eigenvalue weighted by molar-refractivity contribution is 0.0524. The molecule has 0 amide bonds. The predicted octanol–water partition coefficient (Wildman–Crippen LogP) is 1.80. The van der Waals surface area contributed by atoms with Gasteiger partial charge in [0.2, 0.25) is 14.2 Å². The number of rotatable bonds is 4. The Hall–Kier alpha value is -1.30. The number of nitrogens with zero attached hydrogens (tertiary/aromatic N) is 1. The van der Waals surface area contributed by atoms with Gasteiger partial charge < -0.3 is 9.16 Å². The fraction of sp³-hybridized carbons (Fsp3) is 0.556. The van der Waals surface area contributed by atoms with Crippen molar-refractivity contribution in [3.05, 3.63) is 11.8 Å². The molecule has 1 heterocycles. The quantitative estimate of drug-likeness (QED) is 0.630. The van der Waals surface area contributed by atoms with Gasteiger partial charge in [0.15, 0.2) is 0 Å². The van der Waals surface area contributed by atoms with Gasteiger partial charge in [0.1, 0.15) is 5.56 Å². The van der Waals surface area contributed by atoms with Crippen LogP contribution in [-0.2, 0) is 4.74 Å². The van der Waals surface area contributed by atoms with E-state index in [9.17, 15) is 4.79 Å². The van der Waals surface area contributed by atoms with Crippen LogP contribution < -0.4 is 4.43 Å². The summed E-state index contributed by atoms with van der Waals surface area (Å²) in [6, 6.07) is 0. The molecule has 0 aromatic carbocycles. The fourth-order valence-corrected chi connectivity index (χ4v) is 1.78. The Balaban J connectivity index is 2.82.